The van der Waals surface area contributed by atoms with Gasteiger partial charge in [0.05, 0.1) is 12.5 Å². The Labute approximate surface area is 183 Å². The van der Waals surface area contributed by atoms with Crippen LogP contribution >= 0.6 is 23.2 Å². The number of halogens is 2. The lowest BCUT2D eigenvalue weighted by Gasteiger charge is -2.13. The van der Waals surface area contributed by atoms with Crippen LogP contribution in [-0.2, 0) is 6.61 Å². The molecule has 0 unspecified atom stereocenters. The largest absolute Gasteiger partial charge is 0.497 e. The van der Waals surface area contributed by atoms with E-state index in [9.17, 15) is 4.79 Å². The third kappa shape index (κ3) is 3.89. The van der Waals surface area contributed by atoms with Gasteiger partial charge in [-0.05, 0) is 61.0 Å². The fraction of sp³-hybridized carbons (Fsp3) is 0.125. The zero-order valence-corrected chi connectivity index (χ0v) is 17.9. The molecule has 0 saturated carbocycles. The molecule has 4 aromatic rings. The van der Waals surface area contributed by atoms with Crippen LogP contribution in [0.4, 0.5) is 0 Å². The van der Waals surface area contributed by atoms with Gasteiger partial charge in [0.2, 0.25) is 11.2 Å². The minimum Gasteiger partial charge on any atom is -0.497 e. The van der Waals surface area contributed by atoms with Gasteiger partial charge >= 0.3 is 0 Å². The number of aryl methyl sites for hydroxylation is 1. The Balaban J connectivity index is 1.86. The van der Waals surface area contributed by atoms with Crippen molar-refractivity contribution in [1.29, 1.82) is 0 Å². The predicted molar refractivity (Wildman–Crippen MR) is 120 cm³/mol. The first-order valence-electron chi connectivity index (χ1n) is 9.25. The van der Waals surface area contributed by atoms with Gasteiger partial charge in [-0.25, -0.2) is 0 Å². The molecule has 0 amide bonds. The molecule has 1 heterocycles. The molecule has 0 aliphatic rings. The highest BCUT2D eigenvalue weighted by molar-refractivity contribution is 6.35. The molecule has 0 N–H and O–H groups in total. The van der Waals surface area contributed by atoms with Crippen molar-refractivity contribution in [3.05, 3.63) is 92.1 Å². The zero-order chi connectivity index (χ0) is 21.3. The van der Waals surface area contributed by atoms with Crippen LogP contribution in [0.3, 0.4) is 0 Å². The highest BCUT2D eigenvalue weighted by atomic mass is 35.5. The molecule has 0 aliphatic carbocycles. The van der Waals surface area contributed by atoms with E-state index in [0.29, 0.717) is 43.7 Å². The molecule has 0 spiro atoms. The molecular weight excluding hydrogens is 423 g/mol. The molecule has 0 fully saturated rings. The quantitative estimate of drug-likeness (QED) is 0.347. The zero-order valence-electron chi connectivity index (χ0n) is 16.4. The molecule has 0 radical (unpaired) electrons. The minimum atomic E-state index is -0.259. The summed E-state index contributed by atoms with van der Waals surface area (Å²) >= 11 is 12.5. The van der Waals surface area contributed by atoms with Crippen molar-refractivity contribution >= 4 is 34.2 Å². The third-order valence-electron chi connectivity index (χ3n) is 4.78. The molecule has 0 atom stereocenters. The number of fused-ring (bicyclic) bond motifs is 1. The maximum Gasteiger partial charge on any atom is 0.235 e. The van der Waals surface area contributed by atoms with Gasteiger partial charge in [0.15, 0.2) is 5.76 Å². The van der Waals surface area contributed by atoms with Gasteiger partial charge < -0.3 is 13.9 Å². The normalized spacial score (nSPS) is 10.9. The first kappa shape index (κ1) is 20.3. The van der Waals surface area contributed by atoms with E-state index in [1.807, 2.05) is 31.2 Å². The predicted octanol–water partition coefficient (Wildman–Crippen LogP) is 6.66. The van der Waals surface area contributed by atoms with E-state index >= 15 is 0 Å². The van der Waals surface area contributed by atoms with E-state index in [-0.39, 0.29) is 17.8 Å². The van der Waals surface area contributed by atoms with Gasteiger partial charge in [-0.3, -0.25) is 4.79 Å². The van der Waals surface area contributed by atoms with Gasteiger partial charge in [0, 0.05) is 21.2 Å². The monoisotopic (exact) mass is 440 g/mol. The Kier molecular flexibility index (Phi) is 5.71. The van der Waals surface area contributed by atoms with Gasteiger partial charge in [-0.2, -0.15) is 0 Å². The lowest BCUT2D eigenvalue weighted by atomic mass is 10.1. The van der Waals surface area contributed by atoms with Gasteiger partial charge in [0.1, 0.15) is 17.9 Å². The molecule has 152 valence electrons. The molecule has 30 heavy (non-hydrogen) atoms. The fourth-order valence-electron chi connectivity index (χ4n) is 3.16. The minimum absolute atomic E-state index is 0.0315. The van der Waals surface area contributed by atoms with E-state index in [1.165, 1.54) is 0 Å². The topological polar surface area (TPSA) is 48.7 Å². The maximum absolute atomic E-state index is 13.3. The Morgan fingerprint density at radius 3 is 2.33 bits per heavy atom. The van der Waals surface area contributed by atoms with Crippen LogP contribution in [0, 0.1) is 6.92 Å². The highest BCUT2D eigenvalue weighted by Gasteiger charge is 2.19. The van der Waals surface area contributed by atoms with E-state index in [2.05, 4.69) is 0 Å². The van der Waals surface area contributed by atoms with Crippen LogP contribution in [0.5, 0.6) is 11.5 Å². The molecule has 1 aromatic heterocycles. The first-order chi connectivity index (χ1) is 14.5. The Morgan fingerprint density at radius 2 is 1.67 bits per heavy atom. The Bertz CT molecular complexity index is 1260. The third-order valence-corrected chi connectivity index (χ3v) is 5.49. The van der Waals surface area contributed by atoms with Gasteiger partial charge in [-0.1, -0.05) is 35.3 Å². The number of benzene rings is 3. The van der Waals surface area contributed by atoms with E-state index < -0.39 is 0 Å². The fourth-order valence-corrected chi connectivity index (χ4v) is 3.67. The maximum atomic E-state index is 13.3. The summed E-state index contributed by atoms with van der Waals surface area (Å²) in [5, 5.41) is 1.38. The van der Waals surface area contributed by atoms with E-state index in [4.69, 9.17) is 37.1 Å². The summed E-state index contributed by atoms with van der Waals surface area (Å²) in [4.78, 5) is 13.3. The number of rotatable bonds is 5. The molecule has 4 rings (SSSR count). The lowest BCUT2D eigenvalue weighted by Crippen LogP contribution is -2.11. The van der Waals surface area contributed by atoms with Crippen molar-refractivity contribution in [3.63, 3.8) is 0 Å². The Morgan fingerprint density at radius 1 is 0.967 bits per heavy atom. The second kappa shape index (κ2) is 8.42. The van der Waals surface area contributed by atoms with Crippen molar-refractivity contribution in [1.82, 2.24) is 0 Å². The molecular formula is C24H18Cl2O4. The van der Waals surface area contributed by atoms with Crippen molar-refractivity contribution in [3.8, 4) is 22.8 Å². The SMILES string of the molecule is COc1ccc(-c2oc3cc(C)ccc3c(=O)c2OCc2c(Cl)cccc2Cl)cc1. The average Bonchev–Trinajstić information content (AvgIpc) is 2.74. The molecule has 0 saturated heterocycles. The van der Waals surface area contributed by atoms with E-state index in [1.54, 1.807) is 43.5 Å². The summed E-state index contributed by atoms with van der Waals surface area (Å²) in [6.07, 6.45) is 0. The van der Waals surface area contributed by atoms with Gasteiger partial charge in [0.25, 0.3) is 0 Å². The van der Waals surface area contributed by atoms with Gasteiger partial charge in [-0.15, -0.1) is 0 Å². The average molecular weight is 441 g/mol. The van der Waals surface area contributed by atoms with Crippen LogP contribution in [0.2, 0.25) is 10.0 Å². The number of hydrogen-bond donors (Lipinski definition) is 0. The van der Waals surface area contributed by atoms with Crippen LogP contribution in [-0.4, -0.2) is 7.11 Å². The molecule has 6 heteroatoms. The molecule has 4 nitrogen and oxygen atoms in total. The van der Waals surface area contributed by atoms with Crippen LogP contribution in [0.15, 0.2) is 69.9 Å². The first-order valence-corrected chi connectivity index (χ1v) is 10.0. The summed E-state index contributed by atoms with van der Waals surface area (Å²) in [5.41, 5.74) is 2.52. The highest BCUT2D eigenvalue weighted by Crippen LogP contribution is 2.34. The number of hydrogen-bond acceptors (Lipinski definition) is 4. The number of ether oxygens (including phenoxy) is 2. The summed E-state index contributed by atoms with van der Waals surface area (Å²) in [7, 11) is 1.59. The van der Waals surface area contributed by atoms with Crippen molar-refractivity contribution < 1.29 is 13.9 Å². The standard InChI is InChI=1S/C24H18Cl2O4/c1-14-6-11-17-21(12-14)30-23(15-7-9-16(28-2)10-8-15)24(22(17)27)29-13-18-19(25)4-3-5-20(18)26/h3-12H,13H2,1-2H3. The van der Waals surface area contributed by atoms with Crippen molar-refractivity contribution in [2.75, 3.05) is 7.11 Å². The summed E-state index contributed by atoms with van der Waals surface area (Å²) < 4.78 is 17.3. The second-order valence-electron chi connectivity index (χ2n) is 6.81. The van der Waals surface area contributed by atoms with Crippen LogP contribution < -0.4 is 14.9 Å². The van der Waals surface area contributed by atoms with Crippen LogP contribution in [0.1, 0.15) is 11.1 Å². The van der Waals surface area contributed by atoms with Crippen LogP contribution in [0.25, 0.3) is 22.3 Å². The Hall–Kier alpha value is -2.95. The van der Waals surface area contributed by atoms with E-state index in [0.717, 1.165) is 5.56 Å². The molecule has 3 aromatic carbocycles. The number of methoxy groups -OCH3 is 1. The van der Waals surface area contributed by atoms with Crippen molar-refractivity contribution in [2.24, 2.45) is 0 Å². The summed E-state index contributed by atoms with van der Waals surface area (Å²) in [5.74, 6) is 1.14. The van der Waals surface area contributed by atoms with Crippen molar-refractivity contribution in [2.45, 2.75) is 13.5 Å². The second-order valence-corrected chi connectivity index (χ2v) is 7.62. The molecule has 0 bridgehead atoms. The lowest BCUT2D eigenvalue weighted by molar-refractivity contribution is 0.298. The summed E-state index contributed by atoms with van der Waals surface area (Å²) in [6.45, 7) is 1.97. The summed E-state index contributed by atoms with van der Waals surface area (Å²) in [6, 6.07) is 17.9. The molecule has 0 aliphatic heterocycles. The smallest absolute Gasteiger partial charge is 0.235 e.